The summed E-state index contributed by atoms with van der Waals surface area (Å²) in [5, 5.41) is 16.8. The molecule has 4 unspecified atom stereocenters. The smallest absolute Gasteiger partial charge is 0.248 e. The Labute approximate surface area is 241 Å². The molecule has 1 saturated heterocycles. The Morgan fingerprint density at radius 2 is 1.77 bits per heavy atom. The van der Waals surface area contributed by atoms with Gasteiger partial charge in [-0.3, -0.25) is 9.59 Å². The van der Waals surface area contributed by atoms with E-state index >= 15 is 8.78 Å². The number of amides is 2. The second kappa shape index (κ2) is 11.2. The maximum atomic E-state index is 15.7. The molecule has 40 heavy (non-hydrogen) atoms. The first-order chi connectivity index (χ1) is 18.8. The minimum Gasteiger partial charge on any atom is -0.366 e. The Morgan fingerprint density at radius 3 is 2.35 bits per heavy atom. The van der Waals surface area contributed by atoms with Gasteiger partial charge in [0, 0.05) is 33.8 Å². The third-order valence-corrected chi connectivity index (χ3v) is 7.70. The minimum atomic E-state index is -1.73. The summed E-state index contributed by atoms with van der Waals surface area (Å²) in [5.41, 5.74) is 3.80. The van der Waals surface area contributed by atoms with Crippen molar-refractivity contribution in [3.63, 3.8) is 0 Å². The van der Waals surface area contributed by atoms with Crippen LogP contribution in [0.25, 0.3) is 0 Å². The monoisotopic (exact) mass is 584 g/mol. The molecule has 4 N–H and O–H groups in total. The first-order valence-corrected chi connectivity index (χ1v) is 13.3. The van der Waals surface area contributed by atoms with Gasteiger partial charge in [0.05, 0.1) is 17.1 Å². The zero-order valence-corrected chi connectivity index (χ0v) is 23.6. The molecule has 1 aliphatic heterocycles. The molecule has 4 atom stereocenters. The summed E-state index contributed by atoms with van der Waals surface area (Å²) < 4.78 is 31.4. The molecule has 0 bridgehead atoms. The fourth-order valence-electron chi connectivity index (χ4n) is 5.49. The normalized spacial score (nSPS) is 22.5. The number of carbonyl (C=O) groups excluding carboxylic acids is 2. The SMILES string of the molecule is CC(C)(C)CC1NC(C(=O)Nc2ccc(C(N)=O)cc2)C(c2cccc(Cl)c2F)C1(C#N)c1ccc(Cl)cc1F. The summed E-state index contributed by atoms with van der Waals surface area (Å²) in [7, 11) is 0. The van der Waals surface area contributed by atoms with Gasteiger partial charge in [-0.2, -0.15) is 5.26 Å². The maximum absolute atomic E-state index is 15.7. The van der Waals surface area contributed by atoms with Crippen LogP contribution in [-0.4, -0.2) is 23.9 Å². The number of hydrogen-bond donors (Lipinski definition) is 3. The van der Waals surface area contributed by atoms with Gasteiger partial charge >= 0.3 is 0 Å². The average molecular weight is 585 g/mol. The lowest BCUT2D eigenvalue weighted by Crippen LogP contribution is -2.45. The van der Waals surface area contributed by atoms with E-state index in [9.17, 15) is 14.9 Å². The second-order valence-electron chi connectivity index (χ2n) is 11.1. The third kappa shape index (κ3) is 5.55. The van der Waals surface area contributed by atoms with Gasteiger partial charge in [0.15, 0.2) is 0 Å². The van der Waals surface area contributed by atoms with Crippen molar-refractivity contribution >= 4 is 40.7 Å². The molecule has 3 aromatic rings. The van der Waals surface area contributed by atoms with Crippen LogP contribution in [-0.2, 0) is 10.2 Å². The van der Waals surface area contributed by atoms with Crippen LogP contribution in [0.3, 0.4) is 0 Å². The van der Waals surface area contributed by atoms with E-state index in [4.69, 9.17) is 28.9 Å². The maximum Gasteiger partial charge on any atom is 0.248 e. The van der Waals surface area contributed by atoms with E-state index in [2.05, 4.69) is 16.7 Å². The number of halogens is 4. The predicted octanol–water partition coefficient (Wildman–Crippen LogP) is 6.33. The summed E-state index contributed by atoms with van der Waals surface area (Å²) in [6.45, 7) is 5.87. The number of carbonyl (C=O) groups is 2. The number of nitriles is 1. The van der Waals surface area contributed by atoms with Crippen molar-refractivity contribution in [2.75, 3.05) is 5.32 Å². The van der Waals surface area contributed by atoms with Gasteiger partial charge in [-0.25, -0.2) is 8.78 Å². The number of nitrogens with one attached hydrogen (secondary N) is 2. The fraction of sp³-hybridized carbons (Fsp3) is 0.300. The molecule has 1 fully saturated rings. The molecule has 0 radical (unpaired) electrons. The van der Waals surface area contributed by atoms with Crippen LogP contribution >= 0.6 is 23.2 Å². The molecular formula is C30H28Cl2F2N4O2. The molecule has 0 spiro atoms. The first-order valence-electron chi connectivity index (χ1n) is 12.6. The zero-order valence-electron chi connectivity index (χ0n) is 22.1. The summed E-state index contributed by atoms with van der Waals surface area (Å²) in [6, 6.07) is 14.6. The number of hydrogen-bond acceptors (Lipinski definition) is 4. The molecule has 10 heteroatoms. The zero-order chi connectivity index (χ0) is 29.4. The molecule has 3 aromatic carbocycles. The average Bonchev–Trinajstić information content (AvgIpc) is 3.19. The molecule has 0 aliphatic carbocycles. The molecule has 1 heterocycles. The molecule has 6 nitrogen and oxygen atoms in total. The van der Waals surface area contributed by atoms with Gasteiger partial charge in [-0.15, -0.1) is 0 Å². The van der Waals surface area contributed by atoms with Gasteiger partial charge in [0.25, 0.3) is 0 Å². The summed E-state index contributed by atoms with van der Waals surface area (Å²) in [5.74, 6) is -3.94. The first kappa shape index (κ1) is 29.5. The summed E-state index contributed by atoms with van der Waals surface area (Å²) in [4.78, 5) is 25.3. The van der Waals surface area contributed by atoms with Crippen LogP contribution in [0.1, 0.15) is 54.6 Å². The molecule has 4 rings (SSSR count). The molecule has 1 aliphatic rings. The van der Waals surface area contributed by atoms with Gasteiger partial charge in [-0.1, -0.05) is 62.2 Å². The van der Waals surface area contributed by atoms with Gasteiger partial charge < -0.3 is 16.4 Å². The van der Waals surface area contributed by atoms with Gasteiger partial charge in [-0.05, 0) is 59.9 Å². The van der Waals surface area contributed by atoms with Crippen LogP contribution in [0, 0.1) is 28.4 Å². The Bertz CT molecular complexity index is 1500. The van der Waals surface area contributed by atoms with Crippen molar-refractivity contribution in [1.82, 2.24) is 5.32 Å². The van der Waals surface area contributed by atoms with Gasteiger partial charge in [0.2, 0.25) is 11.8 Å². The number of benzene rings is 3. The van der Waals surface area contributed by atoms with Crippen molar-refractivity contribution in [3.05, 3.63) is 99.0 Å². The number of nitrogens with zero attached hydrogens (tertiary/aromatic N) is 1. The van der Waals surface area contributed by atoms with Crippen LogP contribution in [0.4, 0.5) is 14.5 Å². The Hall–Kier alpha value is -3.51. The lowest BCUT2D eigenvalue weighted by molar-refractivity contribution is -0.118. The summed E-state index contributed by atoms with van der Waals surface area (Å²) >= 11 is 12.2. The van der Waals surface area contributed by atoms with Crippen molar-refractivity contribution < 1.29 is 18.4 Å². The Kier molecular flexibility index (Phi) is 8.23. The van der Waals surface area contributed by atoms with Crippen LogP contribution < -0.4 is 16.4 Å². The topological polar surface area (TPSA) is 108 Å². The Balaban J connectivity index is 1.92. The Morgan fingerprint density at radius 1 is 1.10 bits per heavy atom. The van der Waals surface area contributed by atoms with E-state index in [-0.39, 0.29) is 32.2 Å². The van der Waals surface area contributed by atoms with E-state index in [0.717, 1.165) is 6.07 Å². The van der Waals surface area contributed by atoms with Crippen molar-refractivity contribution in [3.8, 4) is 6.07 Å². The van der Waals surface area contributed by atoms with E-state index in [0.29, 0.717) is 12.1 Å². The third-order valence-electron chi connectivity index (χ3n) is 7.17. The highest BCUT2D eigenvalue weighted by atomic mass is 35.5. The lowest BCUT2D eigenvalue weighted by atomic mass is 9.62. The second-order valence-corrected chi connectivity index (χ2v) is 12.0. The molecule has 2 amide bonds. The van der Waals surface area contributed by atoms with Crippen molar-refractivity contribution in [2.24, 2.45) is 11.1 Å². The molecular weight excluding hydrogens is 557 g/mol. The quantitative estimate of drug-likeness (QED) is 0.314. The summed E-state index contributed by atoms with van der Waals surface area (Å²) in [6.07, 6.45) is 0.346. The standard InChI is InChI=1S/C30H28Cl2F2N4O2/c1-29(2,3)14-23-30(15-35,20-12-9-17(31)13-22(20)33)24(19-5-4-6-21(32)25(19)34)26(38-23)28(40)37-18-10-7-16(8-11-18)27(36)39/h4-13,23-24,26,38H,14H2,1-3H3,(H2,36,39)(H,37,40). The lowest BCUT2D eigenvalue weighted by Gasteiger charge is -2.37. The predicted molar refractivity (Wildman–Crippen MR) is 151 cm³/mol. The minimum absolute atomic E-state index is 0.00321. The highest BCUT2D eigenvalue weighted by Crippen LogP contribution is 2.52. The van der Waals surface area contributed by atoms with E-state index < -0.39 is 46.9 Å². The van der Waals surface area contributed by atoms with Crippen molar-refractivity contribution in [2.45, 2.75) is 50.6 Å². The molecule has 0 saturated carbocycles. The fourth-order valence-corrected chi connectivity index (χ4v) is 5.84. The largest absolute Gasteiger partial charge is 0.366 e. The number of primary amides is 1. The highest BCUT2D eigenvalue weighted by molar-refractivity contribution is 6.31. The van der Waals surface area contributed by atoms with Gasteiger partial charge in [0.1, 0.15) is 17.0 Å². The number of nitrogens with two attached hydrogens (primary N) is 1. The number of anilines is 1. The van der Waals surface area contributed by atoms with Crippen molar-refractivity contribution in [1.29, 1.82) is 5.26 Å². The molecule has 0 aromatic heterocycles. The van der Waals surface area contributed by atoms with Crippen LogP contribution in [0.5, 0.6) is 0 Å². The van der Waals surface area contributed by atoms with E-state index in [1.165, 1.54) is 54.6 Å². The highest BCUT2D eigenvalue weighted by Gasteiger charge is 2.61. The van der Waals surface area contributed by atoms with Crippen LogP contribution in [0.15, 0.2) is 60.7 Å². The van der Waals surface area contributed by atoms with E-state index in [1.807, 2.05) is 20.8 Å². The number of rotatable bonds is 6. The van der Waals surface area contributed by atoms with Crippen LogP contribution in [0.2, 0.25) is 10.0 Å². The van der Waals surface area contributed by atoms with E-state index in [1.54, 1.807) is 0 Å². The molecule has 208 valence electrons.